The normalized spacial score (nSPS) is 12.2. The van der Waals surface area contributed by atoms with Gasteiger partial charge in [-0.3, -0.25) is 13.9 Å². The van der Waals surface area contributed by atoms with E-state index in [0.29, 0.717) is 13.0 Å². The summed E-state index contributed by atoms with van der Waals surface area (Å²) in [6.07, 6.45) is 0.338. The largest absolute Gasteiger partial charge is 0.354 e. The molecule has 0 aliphatic rings. The maximum absolute atomic E-state index is 14.1. The number of halogens is 2. The Morgan fingerprint density at radius 3 is 2.17 bits per heavy atom. The van der Waals surface area contributed by atoms with Crippen molar-refractivity contribution in [2.45, 2.75) is 51.6 Å². The number of nitrogens with zero attached hydrogens (tertiary/aromatic N) is 2. The smallest absolute Gasteiger partial charge is 0.264 e. The Morgan fingerprint density at radius 1 is 0.925 bits per heavy atom. The van der Waals surface area contributed by atoms with Gasteiger partial charge in [-0.15, -0.1) is 0 Å². The zero-order valence-corrected chi connectivity index (χ0v) is 25.4. The van der Waals surface area contributed by atoms with Crippen molar-refractivity contribution in [3.05, 3.63) is 94.0 Å². The molecule has 1 atom stereocenters. The predicted octanol–water partition coefficient (Wildman–Crippen LogP) is 6.08. The van der Waals surface area contributed by atoms with Crippen LogP contribution < -0.4 is 9.62 Å². The molecule has 3 rings (SSSR count). The number of sulfonamides is 1. The molecule has 2 amide bonds. The van der Waals surface area contributed by atoms with Gasteiger partial charge in [0.05, 0.1) is 20.6 Å². The first kappa shape index (κ1) is 31.5. The molecular formula is C30H35Cl2N3O4S. The maximum atomic E-state index is 14.1. The molecule has 10 heteroatoms. The quantitative estimate of drug-likeness (QED) is 0.272. The highest BCUT2D eigenvalue weighted by molar-refractivity contribution is 7.92. The van der Waals surface area contributed by atoms with Crippen LogP contribution in [0.2, 0.25) is 10.0 Å². The number of hydrogen-bond acceptors (Lipinski definition) is 4. The number of carbonyl (C=O) groups excluding carboxylic acids is 2. The Bertz CT molecular complexity index is 1410. The maximum Gasteiger partial charge on any atom is 0.264 e. The van der Waals surface area contributed by atoms with Crippen molar-refractivity contribution in [1.82, 2.24) is 10.2 Å². The molecule has 0 spiro atoms. The van der Waals surface area contributed by atoms with Crippen LogP contribution in [0.1, 0.15) is 38.3 Å². The molecule has 3 aromatic carbocycles. The van der Waals surface area contributed by atoms with Crippen LogP contribution in [0.25, 0.3) is 0 Å². The highest BCUT2D eigenvalue weighted by Crippen LogP contribution is 2.35. The number of rotatable bonds is 12. The number of anilines is 1. The Hall–Kier alpha value is -3.07. The van der Waals surface area contributed by atoms with Gasteiger partial charge in [0, 0.05) is 13.1 Å². The van der Waals surface area contributed by atoms with Gasteiger partial charge in [-0.2, -0.15) is 0 Å². The second kappa shape index (κ2) is 14.0. The zero-order chi connectivity index (χ0) is 29.4. The monoisotopic (exact) mass is 603 g/mol. The van der Waals surface area contributed by atoms with Crippen molar-refractivity contribution in [2.24, 2.45) is 5.92 Å². The Morgan fingerprint density at radius 2 is 1.57 bits per heavy atom. The molecule has 0 saturated heterocycles. The summed E-state index contributed by atoms with van der Waals surface area (Å²) in [5.41, 5.74) is 1.94. The molecule has 0 bridgehead atoms. The van der Waals surface area contributed by atoms with E-state index in [-0.39, 0.29) is 39.0 Å². The van der Waals surface area contributed by atoms with E-state index in [1.165, 1.54) is 23.1 Å². The Balaban J connectivity index is 2.07. The zero-order valence-electron chi connectivity index (χ0n) is 23.1. The second-order valence-electron chi connectivity index (χ2n) is 9.97. The predicted molar refractivity (Wildman–Crippen MR) is 161 cm³/mol. The van der Waals surface area contributed by atoms with Crippen LogP contribution in [0.5, 0.6) is 0 Å². The van der Waals surface area contributed by atoms with Crippen molar-refractivity contribution in [2.75, 3.05) is 17.4 Å². The van der Waals surface area contributed by atoms with Crippen LogP contribution in [0, 0.1) is 12.8 Å². The number of nitrogens with one attached hydrogen (secondary N) is 1. The molecule has 0 radical (unpaired) electrons. The van der Waals surface area contributed by atoms with Gasteiger partial charge in [0.2, 0.25) is 11.8 Å². The molecule has 0 aliphatic heterocycles. The molecule has 40 heavy (non-hydrogen) atoms. The number of hydrogen-bond donors (Lipinski definition) is 1. The van der Waals surface area contributed by atoms with Gasteiger partial charge < -0.3 is 10.2 Å². The van der Waals surface area contributed by atoms with Gasteiger partial charge in [0.15, 0.2) is 0 Å². The summed E-state index contributed by atoms with van der Waals surface area (Å²) < 4.78 is 28.7. The van der Waals surface area contributed by atoms with Crippen LogP contribution in [-0.2, 0) is 26.2 Å². The summed E-state index contributed by atoms with van der Waals surface area (Å²) in [6.45, 7) is 7.74. The summed E-state index contributed by atoms with van der Waals surface area (Å²) in [5, 5.41) is 3.07. The van der Waals surface area contributed by atoms with Gasteiger partial charge in [-0.05, 0) is 49.1 Å². The number of aryl methyl sites for hydroxylation is 1. The van der Waals surface area contributed by atoms with Gasteiger partial charge >= 0.3 is 0 Å². The van der Waals surface area contributed by atoms with Gasteiger partial charge in [0.1, 0.15) is 12.6 Å². The number of benzene rings is 3. The third kappa shape index (κ3) is 7.77. The molecular weight excluding hydrogens is 569 g/mol. The summed E-state index contributed by atoms with van der Waals surface area (Å²) in [6, 6.07) is 19.2. The van der Waals surface area contributed by atoms with E-state index in [0.717, 1.165) is 15.4 Å². The summed E-state index contributed by atoms with van der Waals surface area (Å²) in [7, 11) is -4.23. The van der Waals surface area contributed by atoms with Crippen molar-refractivity contribution >= 4 is 50.7 Å². The lowest BCUT2D eigenvalue weighted by atomic mass is 10.1. The minimum absolute atomic E-state index is 0.00303. The first-order chi connectivity index (χ1) is 18.9. The van der Waals surface area contributed by atoms with E-state index in [1.54, 1.807) is 30.3 Å². The van der Waals surface area contributed by atoms with E-state index >= 15 is 0 Å². The SMILES string of the molecule is CC[C@@H](C(=O)NCC(C)C)N(Cc1ccc(C)cc1)C(=O)CN(c1cccc(Cl)c1Cl)S(=O)(=O)c1ccccc1. The average molecular weight is 605 g/mol. The van der Waals surface area contributed by atoms with E-state index in [2.05, 4.69) is 5.32 Å². The minimum Gasteiger partial charge on any atom is -0.354 e. The minimum atomic E-state index is -4.23. The molecule has 0 heterocycles. The molecule has 1 N–H and O–H groups in total. The van der Waals surface area contributed by atoms with E-state index in [1.807, 2.05) is 52.0 Å². The topological polar surface area (TPSA) is 86.8 Å². The fraction of sp³-hybridized carbons (Fsp3) is 0.333. The Kier molecular flexibility index (Phi) is 11.0. The Labute approximate surface area is 247 Å². The fourth-order valence-electron chi connectivity index (χ4n) is 4.15. The average Bonchev–Trinajstić information content (AvgIpc) is 2.93. The highest BCUT2D eigenvalue weighted by atomic mass is 35.5. The van der Waals surface area contributed by atoms with Crippen LogP contribution in [0.15, 0.2) is 77.7 Å². The molecule has 0 saturated carbocycles. The number of amides is 2. The molecule has 0 aliphatic carbocycles. The summed E-state index contributed by atoms with van der Waals surface area (Å²) in [4.78, 5) is 28.8. The molecule has 0 aromatic heterocycles. The summed E-state index contributed by atoms with van der Waals surface area (Å²) >= 11 is 12.7. The van der Waals surface area contributed by atoms with Crippen molar-refractivity contribution in [1.29, 1.82) is 0 Å². The molecule has 0 unspecified atom stereocenters. The van der Waals surface area contributed by atoms with E-state index in [9.17, 15) is 18.0 Å². The molecule has 3 aromatic rings. The van der Waals surface area contributed by atoms with Crippen molar-refractivity contribution in [3.8, 4) is 0 Å². The van der Waals surface area contributed by atoms with E-state index < -0.39 is 28.5 Å². The van der Waals surface area contributed by atoms with Gasteiger partial charge in [-0.25, -0.2) is 8.42 Å². The lowest BCUT2D eigenvalue weighted by molar-refractivity contribution is -0.140. The number of carbonyl (C=O) groups is 2. The van der Waals surface area contributed by atoms with Crippen LogP contribution in [0.4, 0.5) is 5.69 Å². The third-order valence-corrected chi connectivity index (χ3v) is 8.94. The first-order valence-electron chi connectivity index (χ1n) is 13.1. The standard InChI is InChI=1S/C30H35Cl2N3O4S/c1-5-26(30(37)33-18-21(2)3)34(19-23-16-14-22(4)15-17-23)28(36)20-35(27-13-9-12-25(31)29(27)32)40(38,39)24-10-7-6-8-11-24/h6-17,21,26H,5,18-20H2,1-4H3,(H,33,37)/t26-/m0/s1. The van der Waals surface area contributed by atoms with Crippen LogP contribution in [-0.4, -0.2) is 44.3 Å². The lowest BCUT2D eigenvalue weighted by Crippen LogP contribution is -2.52. The van der Waals surface area contributed by atoms with Gasteiger partial charge in [0.25, 0.3) is 10.0 Å². The molecule has 7 nitrogen and oxygen atoms in total. The van der Waals surface area contributed by atoms with Crippen LogP contribution in [0.3, 0.4) is 0 Å². The third-order valence-electron chi connectivity index (χ3n) is 6.35. The fourth-order valence-corrected chi connectivity index (χ4v) is 6.04. The summed E-state index contributed by atoms with van der Waals surface area (Å²) in [5.74, 6) is -0.628. The van der Waals surface area contributed by atoms with E-state index in [4.69, 9.17) is 23.2 Å². The molecule has 214 valence electrons. The van der Waals surface area contributed by atoms with Gasteiger partial charge in [-0.1, -0.05) is 98.1 Å². The highest BCUT2D eigenvalue weighted by Gasteiger charge is 2.34. The van der Waals surface area contributed by atoms with Crippen molar-refractivity contribution < 1.29 is 18.0 Å². The van der Waals surface area contributed by atoms with Crippen molar-refractivity contribution in [3.63, 3.8) is 0 Å². The first-order valence-corrected chi connectivity index (χ1v) is 15.3. The molecule has 0 fully saturated rings. The lowest BCUT2D eigenvalue weighted by Gasteiger charge is -2.33. The second-order valence-corrected chi connectivity index (χ2v) is 12.6. The van der Waals surface area contributed by atoms with Crippen LogP contribution >= 0.6 is 23.2 Å².